The first-order chi connectivity index (χ1) is 10.6. The average Bonchev–Trinajstić information content (AvgIpc) is 2.94. The van der Waals surface area contributed by atoms with E-state index in [0.717, 1.165) is 18.8 Å². The van der Waals surface area contributed by atoms with Gasteiger partial charge < -0.3 is 21.1 Å². The molecule has 1 saturated heterocycles. The van der Waals surface area contributed by atoms with Gasteiger partial charge in [-0.3, -0.25) is 10.5 Å². The van der Waals surface area contributed by atoms with Crippen LogP contribution in [0.15, 0.2) is 17.1 Å². The molecule has 1 aromatic rings. The lowest BCUT2D eigenvalue weighted by atomic mass is 10.2. The Labute approximate surface area is 129 Å². The Morgan fingerprint density at radius 2 is 2.50 bits per heavy atom. The van der Waals surface area contributed by atoms with E-state index in [1.54, 1.807) is 6.07 Å². The number of aliphatic hydroxyl groups is 1. The molecule has 0 saturated carbocycles. The van der Waals surface area contributed by atoms with Gasteiger partial charge in [0.1, 0.15) is 11.7 Å². The number of hydrogen-bond acceptors (Lipinski definition) is 5. The molecular formula is C14H23N7O. The van der Waals surface area contributed by atoms with E-state index in [9.17, 15) is 5.11 Å². The third-order valence-corrected chi connectivity index (χ3v) is 3.39. The number of aromatic nitrogens is 2. The van der Waals surface area contributed by atoms with E-state index in [2.05, 4.69) is 20.5 Å². The van der Waals surface area contributed by atoms with E-state index >= 15 is 0 Å². The van der Waals surface area contributed by atoms with Gasteiger partial charge in [0.25, 0.3) is 0 Å². The lowest BCUT2D eigenvalue weighted by Crippen LogP contribution is -2.54. The Hall–Kier alpha value is -2.19. The molecule has 2 rings (SSSR count). The highest BCUT2D eigenvalue weighted by Crippen LogP contribution is 2.11. The van der Waals surface area contributed by atoms with Gasteiger partial charge in [0, 0.05) is 31.7 Å². The molecule has 8 nitrogen and oxygen atoms in total. The number of piperazine rings is 1. The Kier molecular flexibility index (Phi) is 5.68. The maximum absolute atomic E-state index is 9.19. The van der Waals surface area contributed by atoms with Crippen LogP contribution in [0, 0.1) is 5.41 Å². The van der Waals surface area contributed by atoms with Crippen LogP contribution in [0.1, 0.15) is 19.0 Å². The molecule has 0 spiro atoms. The average molecular weight is 305 g/mol. The number of nitrogens with zero attached hydrogens (tertiary/aromatic N) is 3. The number of nitrogens with one attached hydrogen (secondary N) is 3. The fourth-order valence-electron chi connectivity index (χ4n) is 2.31. The molecule has 1 aliphatic rings. The predicted molar refractivity (Wildman–Crippen MR) is 87.4 cm³/mol. The third kappa shape index (κ3) is 4.40. The van der Waals surface area contributed by atoms with Crippen molar-refractivity contribution in [2.45, 2.75) is 19.4 Å². The first kappa shape index (κ1) is 16.2. The standard InChI is InChI=1S/C14H23N7O/c1-2-3-10-6-14(20-19-10)18-12(15)7-13(16)21-5-4-17-11(8-21)9-22/h2-3,6,11,16-17,22H,4-5,7-9H2,1H3,(H3,15,18,19,20)/b3-2+,16-13?. The number of amidine groups is 2. The highest BCUT2D eigenvalue weighted by molar-refractivity contribution is 6.01. The molecule has 0 aromatic carbocycles. The minimum absolute atomic E-state index is 0.00185. The van der Waals surface area contributed by atoms with Crippen molar-refractivity contribution in [1.82, 2.24) is 20.4 Å². The van der Waals surface area contributed by atoms with Crippen LogP contribution in [-0.2, 0) is 0 Å². The van der Waals surface area contributed by atoms with Gasteiger partial charge in [-0.05, 0) is 13.0 Å². The van der Waals surface area contributed by atoms with Crippen molar-refractivity contribution in [2.24, 2.45) is 10.7 Å². The summed E-state index contributed by atoms with van der Waals surface area (Å²) in [6.07, 6.45) is 4.06. The number of aliphatic hydroxyl groups excluding tert-OH is 1. The predicted octanol–water partition coefficient (Wildman–Crippen LogP) is 0.0650. The Balaban J connectivity index is 1.93. The summed E-state index contributed by atoms with van der Waals surface area (Å²) in [7, 11) is 0. The molecule has 1 aliphatic heterocycles. The van der Waals surface area contributed by atoms with Crippen molar-refractivity contribution in [3.8, 4) is 0 Å². The fraction of sp³-hybridized carbons (Fsp3) is 0.500. The smallest absolute Gasteiger partial charge is 0.175 e. The zero-order chi connectivity index (χ0) is 15.9. The zero-order valence-electron chi connectivity index (χ0n) is 12.7. The van der Waals surface area contributed by atoms with Crippen LogP contribution in [0.2, 0.25) is 0 Å². The largest absolute Gasteiger partial charge is 0.395 e. The van der Waals surface area contributed by atoms with Crippen molar-refractivity contribution in [3.63, 3.8) is 0 Å². The molecule has 2 heterocycles. The van der Waals surface area contributed by atoms with Crippen molar-refractivity contribution in [1.29, 1.82) is 5.41 Å². The third-order valence-electron chi connectivity index (χ3n) is 3.39. The Morgan fingerprint density at radius 1 is 1.68 bits per heavy atom. The molecule has 0 amide bonds. The van der Waals surface area contributed by atoms with Crippen molar-refractivity contribution in [2.75, 3.05) is 26.2 Å². The monoisotopic (exact) mass is 305 g/mol. The summed E-state index contributed by atoms with van der Waals surface area (Å²) in [4.78, 5) is 6.13. The number of hydrogen-bond donors (Lipinski definition) is 5. The van der Waals surface area contributed by atoms with Crippen LogP contribution in [-0.4, -0.2) is 64.2 Å². The zero-order valence-corrected chi connectivity index (χ0v) is 12.7. The van der Waals surface area contributed by atoms with Gasteiger partial charge >= 0.3 is 0 Å². The van der Waals surface area contributed by atoms with Crippen LogP contribution < -0.4 is 11.1 Å². The number of rotatable bonds is 5. The summed E-state index contributed by atoms with van der Waals surface area (Å²) in [5, 5.41) is 27.4. The topological polar surface area (TPSA) is 126 Å². The van der Waals surface area contributed by atoms with E-state index in [0.29, 0.717) is 24.0 Å². The molecule has 120 valence electrons. The van der Waals surface area contributed by atoms with Gasteiger partial charge in [0.05, 0.1) is 18.7 Å². The molecule has 1 fully saturated rings. The van der Waals surface area contributed by atoms with Gasteiger partial charge in [0.2, 0.25) is 0 Å². The van der Waals surface area contributed by atoms with Gasteiger partial charge in [-0.2, -0.15) is 5.10 Å². The summed E-state index contributed by atoms with van der Waals surface area (Å²) in [6, 6.07) is 1.80. The summed E-state index contributed by atoms with van der Waals surface area (Å²) in [5.74, 6) is 1.26. The van der Waals surface area contributed by atoms with Crippen LogP contribution in [0.5, 0.6) is 0 Å². The van der Waals surface area contributed by atoms with Crippen LogP contribution in [0.3, 0.4) is 0 Å². The lowest BCUT2D eigenvalue weighted by Gasteiger charge is -2.34. The molecule has 0 radical (unpaired) electrons. The van der Waals surface area contributed by atoms with Crippen LogP contribution >= 0.6 is 0 Å². The molecule has 0 bridgehead atoms. The molecule has 0 aliphatic carbocycles. The maximum Gasteiger partial charge on any atom is 0.175 e. The number of aromatic amines is 1. The normalized spacial score (nSPS) is 19.8. The number of aliphatic imine (C=N–C) groups is 1. The quantitative estimate of drug-likeness (QED) is 0.388. The molecule has 1 unspecified atom stereocenters. The molecule has 6 N–H and O–H groups in total. The Morgan fingerprint density at radius 3 is 3.23 bits per heavy atom. The molecule has 22 heavy (non-hydrogen) atoms. The van der Waals surface area contributed by atoms with E-state index < -0.39 is 0 Å². The van der Waals surface area contributed by atoms with Gasteiger partial charge in [-0.15, -0.1) is 0 Å². The van der Waals surface area contributed by atoms with Crippen LogP contribution in [0.4, 0.5) is 5.82 Å². The Bertz CT molecular complexity index is 563. The summed E-state index contributed by atoms with van der Waals surface area (Å²) < 4.78 is 0. The van der Waals surface area contributed by atoms with E-state index in [-0.39, 0.29) is 19.1 Å². The molecular weight excluding hydrogens is 282 g/mol. The second kappa shape index (κ2) is 7.71. The minimum Gasteiger partial charge on any atom is -0.395 e. The second-order valence-electron chi connectivity index (χ2n) is 5.19. The highest BCUT2D eigenvalue weighted by atomic mass is 16.3. The van der Waals surface area contributed by atoms with Crippen molar-refractivity contribution in [3.05, 3.63) is 17.8 Å². The maximum atomic E-state index is 9.19. The van der Waals surface area contributed by atoms with E-state index in [4.69, 9.17) is 11.1 Å². The highest BCUT2D eigenvalue weighted by Gasteiger charge is 2.20. The first-order valence-electron chi connectivity index (χ1n) is 7.30. The molecule has 1 aromatic heterocycles. The lowest BCUT2D eigenvalue weighted by molar-refractivity contribution is 0.190. The van der Waals surface area contributed by atoms with Gasteiger partial charge in [-0.25, -0.2) is 4.99 Å². The number of nitrogens with two attached hydrogens (primary N) is 1. The fourth-order valence-corrected chi connectivity index (χ4v) is 2.31. The SMILES string of the molecule is C/C=C/c1cc(N=C(N)CC(=N)N2CCNC(CO)C2)n[nH]1. The van der Waals surface area contributed by atoms with E-state index in [1.807, 2.05) is 24.0 Å². The van der Waals surface area contributed by atoms with Crippen molar-refractivity contribution >= 4 is 23.6 Å². The first-order valence-corrected chi connectivity index (χ1v) is 7.30. The second-order valence-corrected chi connectivity index (χ2v) is 5.19. The summed E-state index contributed by atoms with van der Waals surface area (Å²) in [5.41, 5.74) is 6.77. The molecule has 8 heteroatoms. The summed E-state index contributed by atoms with van der Waals surface area (Å²) >= 11 is 0. The number of allylic oxidation sites excluding steroid dienone is 1. The number of H-pyrrole nitrogens is 1. The van der Waals surface area contributed by atoms with Gasteiger partial charge in [-0.1, -0.05) is 6.08 Å². The molecule has 1 atom stereocenters. The van der Waals surface area contributed by atoms with Gasteiger partial charge in [0.15, 0.2) is 5.82 Å². The van der Waals surface area contributed by atoms with Crippen molar-refractivity contribution < 1.29 is 5.11 Å². The minimum atomic E-state index is 0.00185. The van der Waals surface area contributed by atoms with Crippen LogP contribution in [0.25, 0.3) is 6.08 Å². The summed E-state index contributed by atoms with van der Waals surface area (Å²) in [6.45, 7) is 4.07. The van der Waals surface area contributed by atoms with E-state index in [1.165, 1.54) is 0 Å².